The molecule has 7 heteroatoms. The van der Waals surface area contributed by atoms with Gasteiger partial charge in [-0.2, -0.15) is 10.2 Å². The third kappa shape index (κ3) is 3.81. The van der Waals surface area contributed by atoms with Crippen molar-refractivity contribution in [1.29, 1.82) is 0 Å². The number of nitrogens with zero attached hydrogens (tertiary/aromatic N) is 6. The Hall–Kier alpha value is -2.80. The number of rotatable bonds is 5. The topological polar surface area (TPSA) is 68.8 Å². The molecule has 0 atom stereocenters. The van der Waals surface area contributed by atoms with Gasteiger partial charge in [-0.05, 0) is 74.9 Å². The molecule has 0 saturated carbocycles. The third-order valence-electron chi connectivity index (χ3n) is 6.55. The Morgan fingerprint density at radius 1 is 1.03 bits per heavy atom. The first-order valence-electron chi connectivity index (χ1n) is 10.9. The highest BCUT2D eigenvalue weighted by Gasteiger charge is 2.25. The van der Waals surface area contributed by atoms with Gasteiger partial charge in [-0.1, -0.05) is 0 Å². The first kappa shape index (κ1) is 19.2. The van der Waals surface area contributed by atoms with Crippen LogP contribution in [0.15, 0.2) is 41.5 Å². The van der Waals surface area contributed by atoms with E-state index in [1.54, 1.807) is 29.2 Å². The van der Waals surface area contributed by atoms with E-state index >= 15 is 0 Å². The molecule has 0 spiro atoms. The van der Waals surface area contributed by atoms with Crippen molar-refractivity contribution in [3.8, 4) is 11.3 Å². The molecule has 1 fully saturated rings. The summed E-state index contributed by atoms with van der Waals surface area (Å²) in [7, 11) is 2.08. The highest BCUT2D eigenvalue weighted by molar-refractivity contribution is 5.56. The molecule has 2 aliphatic rings. The van der Waals surface area contributed by atoms with Gasteiger partial charge in [0.05, 0.1) is 17.1 Å². The minimum atomic E-state index is -0.0271. The Labute approximate surface area is 176 Å². The summed E-state index contributed by atoms with van der Waals surface area (Å²) in [5.41, 5.74) is 5.96. The van der Waals surface area contributed by atoms with Gasteiger partial charge in [-0.25, -0.2) is 4.68 Å². The zero-order valence-corrected chi connectivity index (χ0v) is 17.5. The molecule has 1 saturated heterocycles. The van der Waals surface area contributed by atoms with Gasteiger partial charge in [0.2, 0.25) is 0 Å². The van der Waals surface area contributed by atoms with Gasteiger partial charge in [-0.15, -0.1) is 0 Å². The van der Waals surface area contributed by atoms with E-state index in [9.17, 15) is 4.79 Å². The van der Waals surface area contributed by atoms with Crippen LogP contribution in [0.3, 0.4) is 0 Å². The van der Waals surface area contributed by atoms with Crippen LogP contribution in [0.25, 0.3) is 11.3 Å². The molecule has 4 heterocycles. The van der Waals surface area contributed by atoms with Crippen molar-refractivity contribution in [2.24, 2.45) is 13.0 Å². The van der Waals surface area contributed by atoms with Crippen molar-refractivity contribution < 1.29 is 0 Å². The molecule has 1 aliphatic heterocycles. The molecule has 3 aromatic rings. The van der Waals surface area contributed by atoms with Crippen LogP contribution in [0, 0.1) is 5.92 Å². The maximum atomic E-state index is 12.4. The molecular weight excluding hydrogens is 376 g/mol. The molecule has 0 aromatic carbocycles. The lowest BCUT2D eigenvalue weighted by Crippen LogP contribution is -2.37. The first-order chi connectivity index (χ1) is 14.7. The SMILES string of the molecule is Cn1nc2c(c1CN1CCC(Cn3nc(-c4ccncc4)ccc3=O)CC1)CCC2. The molecule has 0 N–H and O–H groups in total. The monoisotopic (exact) mass is 404 g/mol. The fraction of sp³-hybridized carbons (Fsp3) is 0.478. The molecule has 156 valence electrons. The van der Waals surface area contributed by atoms with Crippen LogP contribution in [0.1, 0.15) is 36.2 Å². The lowest BCUT2D eigenvalue weighted by atomic mass is 9.96. The Balaban J connectivity index is 1.22. The molecule has 3 aromatic heterocycles. The Morgan fingerprint density at radius 2 is 1.83 bits per heavy atom. The van der Waals surface area contributed by atoms with Crippen LogP contribution < -0.4 is 5.56 Å². The number of fused-ring (bicyclic) bond motifs is 1. The molecule has 0 bridgehead atoms. The van der Waals surface area contributed by atoms with Crippen molar-refractivity contribution in [3.63, 3.8) is 0 Å². The molecule has 7 nitrogen and oxygen atoms in total. The van der Waals surface area contributed by atoms with Crippen LogP contribution in [-0.4, -0.2) is 42.5 Å². The standard InChI is InChI=1S/C23H28N6O/c1-27-22(19-3-2-4-21(19)25-27)16-28-13-9-17(10-14-28)15-29-23(30)6-5-20(26-29)18-7-11-24-12-8-18/h5-8,11-12,17H,2-4,9-10,13-16H2,1H3. The van der Waals surface area contributed by atoms with Gasteiger partial charge in [0.1, 0.15) is 0 Å². The number of aromatic nitrogens is 5. The first-order valence-corrected chi connectivity index (χ1v) is 10.9. The predicted octanol–water partition coefficient (Wildman–Crippen LogP) is 2.44. The fourth-order valence-corrected chi connectivity index (χ4v) is 4.82. The lowest BCUT2D eigenvalue weighted by molar-refractivity contribution is 0.160. The van der Waals surface area contributed by atoms with E-state index in [4.69, 9.17) is 5.10 Å². The normalized spacial score (nSPS) is 17.4. The van der Waals surface area contributed by atoms with E-state index in [1.807, 2.05) is 12.1 Å². The van der Waals surface area contributed by atoms with E-state index in [0.29, 0.717) is 12.5 Å². The van der Waals surface area contributed by atoms with E-state index in [-0.39, 0.29) is 5.56 Å². The fourth-order valence-electron chi connectivity index (χ4n) is 4.82. The van der Waals surface area contributed by atoms with E-state index in [0.717, 1.165) is 50.2 Å². The third-order valence-corrected chi connectivity index (χ3v) is 6.55. The minimum Gasteiger partial charge on any atom is -0.297 e. The zero-order valence-electron chi connectivity index (χ0n) is 17.5. The summed E-state index contributed by atoms with van der Waals surface area (Å²) in [6.07, 6.45) is 9.23. The highest BCUT2D eigenvalue weighted by Crippen LogP contribution is 2.27. The number of piperidine rings is 1. The molecule has 1 aliphatic carbocycles. The van der Waals surface area contributed by atoms with Crippen molar-refractivity contribution in [2.75, 3.05) is 13.1 Å². The average molecular weight is 405 g/mol. The second kappa shape index (κ2) is 8.14. The zero-order chi connectivity index (χ0) is 20.5. The summed E-state index contributed by atoms with van der Waals surface area (Å²) in [5, 5.41) is 9.33. The van der Waals surface area contributed by atoms with Crippen LogP contribution in [0.4, 0.5) is 0 Å². The molecular formula is C23H28N6O. The Kier molecular flexibility index (Phi) is 5.21. The second-order valence-electron chi connectivity index (χ2n) is 8.54. The van der Waals surface area contributed by atoms with Gasteiger partial charge in [-0.3, -0.25) is 19.4 Å². The summed E-state index contributed by atoms with van der Waals surface area (Å²) in [6.45, 7) is 3.79. The summed E-state index contributed by atoms with van der Waals surface area (Å²) in [4.78, 5) is 19.0. The van der Waals surface area contributed by atoms with Crippen molar-refractivity contribution in [3.05, 3.63) is 64.0 Å². The van der Waals surface area contributed by atoms with Crippen molar-refractivity contribution in [2.45, 2.75) is 45.2 Å². The Morgan fingerprint density at radius 3 is 2.63 bits per heavy atom. The van der Waals surface area contributed by atoms with Crippen LogP contribution in [0.2, 0.25) is 0 Å². The van der Waals surface area contributed by atoms with Crippen LogP contribution in [0.5, 0.6) is 0 Å². The van der Waals surface area contributed by atoms with E-state index < -0.39 is 0 Å². The number of likely N-dealkylation sites (tertiary alicyclic amines) is 1. The Bertz CT molecular complexity index is 1080. The van der Waals surface area contributed by atoms with E-state index in [2.05, 4.69) is 26.7 Å². The molecule has 5 rings (SSSR count). The highest BCUT2D eigenvalue weighted by atomic mass is 16.1. The smallest absolute Gasteiger partial charge is 0.266 e. The largest absolute Gasteiger partial charge is 0.297 e. The summed E-state index contributed by atoms with van der Waals surface area (Å²) >= 11 is 0. The van der Waals surface area contributed by atoms with Gasteiger partial charge in [0.25, 0.3) is 5.56 Å². The van der Waals surface area contributed by atoms with Crippen LogP contribution >= 0.6 is 0 Å². The van der Waals surface area contributed by atoms with Crippen molar-refractivity contribution >= 4 is 0 Å². The van der Waals surface area contributed by atoms with Crippen LogP contribution in [-0.2, 0) is 33.0 Å². The maximum Gasteiger partial charge on any atom is 0.266 e. The lowest BCUT2D eigenvalue weighted by Gasteiger charge is -2.32. The molecule has 0 radical (unpaired) electrons. The van der Waals surface area contributed by atoms with Gasteiger partial charge < -0.3 is 0 Å². The molecule has 0 unspecified atom stereocenters. The van der Waals surface area contributed by atoms with Crippen molar-refractivity contribution in [1.82, 2.24) is 29.4 Å². The van der Waals surface area contributed by atoms with E-state index in [1.165, 1.54) is 29.8 Å². The minimum absolute atomic E-state index is 0.0271. The number of hydrogen-bond donors (Lipinski definition) is 0. The van der Waals surface area contributed by atoms with Gasteiger partial charge in [0.15, 0.2) is 0 Å². The quantitative estimate of drug-likeness (QED) is 0.653. The summed E-state index contributed by atoms with van der Waals surface area (Å²) in [5.74, 6) is 0.483. The molecule has 0 amide bonds. The number of pyridine rings is 1. The predicted molar refractivity (Wildman–Crippen MR) is 115 cm³/mol. The number of hydrogen-bond acceptors (Lipinski definition) is 5. The summed E-state index contributed by atoms with van der Waals surface area (Å²) < 4.78 is 3.73. The number of aryl methyl sites for hydroxylation is 2. The molecule has 30 heavy (non-hydrogen) atoms. The summed E-state index contributed by atoms with van der Waals surface area (Å²) in [6, 6.07) is 7.26. The van der Waals surface area contributed by atoms with Gasteiger partial charge in [0, 0.05) is 44.2 Å². The second-order valence-corrected chi connectivity index (χ2v) is 8.54. The van der Waals surface area contributed by atoms with Gasteiger partial charge >= 0.3 is 0 Å². The average Bonchev–Trinajstić information content (AvgIpc) is 3.33. The maximum absolute atomic E-state index is 12.4.